The lowest BCUT2D eigenvalue weighted by molar-refractivity contribution is 0.107. The standard InChI is InChI=1S/C8H9ClN2O2/c1-5-3-11-7(13-4-5)2-6(10-11)8(9)12/h2,5H,3-4H2,1H3. The van der Waals surface area contributed by atoms with E-state index in [9.17, 15) is 4.79 Å². The molecular weight excluding hydrogens is 192 g/mol. The first-order valence-electron chi connectivity index (χ1n) is 4.07. The smallest absolute Gasteiger partial charge is 0.272 e. The number of halogens is 1. The molecule has 1 aromatic rings. The molecule has 2 heterocycles. The van der Waals surface area contributed by atoms with Gasteiger partial charge in [0.05, 0.1) is 13.2 Å². The van der Waals surface area contributed by atoms with E-state index in [1.807, 2.05) is 0 Å². The van der Waals surface area contributed by atoms with Crippen molar-refractivity contribution >= 4 is 16.8 Å². The molecule has 1 aliphatic rings. The molecule has 0 saturated carbocycles. The van der Waals surface area contributed by atoms with Crippen LogP contribution in [0.2, 0.25) is 0 Å². The summed E-state index contributed by atoms with van der Waals surface area (Å²) in [5.74, 6) is 1.05. The molecule has 0 fully saturated rings. The van der Waals surface area contributed by atoms with Crippen LogP contribution in [-0.2, 0) is 6.54 Å². The second kappa shape index (κ2) is 3.03. The van der Waals surface area contributed by atoms with Gasteiger partial charge >= 0.3 is 0 Å². The van der Waals surface area contributed by atoms with Crippen LogP contribution in [-0.4, -0.2) is 21.6 Å². The summed E-state index contributed by atoms with van der Waals surface area (Å²) >= 11 is 5.29. The quantitative estimate of drug-likeness (QED) is 0.642. The van der Waals surface area contributed by atoms with Gasteiger partial charge in [-0.1, -0.05) is 6.92 Å². The Bertz CT molecular complexity index is 348. The van der Waals surface area contributed by atoms with Gasteiger partial charge < -0.3 is 4.74 Å². The highest BCUT2D eigenvalue weighted by Gasteiger charge is 2.20. The molecule has 13 heavy (non-hydrogen) atoms. The molecule has 0 saturated heterocycles. The third-order valence-electron chi connectivity index (χ3n) is 1.94. The fraction of sp³-hybridized carbons (Fsp3) is 0.500. The van der Waals surface area contributed by atoms with Gasteiger partial charge in [-0.25, -0.2) is 4.68 Å². The van der Waals surface area contributed by atoms with Crippen LogP contribution in [0.25, 0.3) is 0 Å². The summed E-state index contributed by atoms with van der Waals surface area (Å²) in [4.78, 5) is 10.8. The summed E-state index contributed by atoms with van der Waals surface area (Å²) in [5.41, 5.74) is 0.255. The normalized spacial score (nSPS) is 20.6. The molecular formula is C8H9ClN2O2. The lowest BCUT2D eigenvalue weighted by Gasteiger charge is -2.20. The van der Waals surface area contributed by atoms with E-state index >= 15 is 0 Å². The van der Waals surface area contributed by atoms with Gasteiger partial charge in [0.15, 0.2) is 0 Å². The molecule has 2 rings (SSSR count). The van der Waals surface area contributed by atoms with Gasteiger partial charge in [-0.15, -0.1) is 0 Å². The number of aromatic nitrogens is 2. The molecule has 0 N–H and O–H groups in total. The van der Waals surface area contributed by atoms with E-state index in [4.69, 9.17) is 16.3 Å². The number of ether oxygens (including phenoxy) is 1. The van der Waals surface area contributed by atoms with Gasteiger partial charge in [-0.05, 0) is 11.6 Å². The maximum atomic E-state index is 10.8. The summed E-state index contributed by atoms with van der Waals surface area (Å²) in [5, 5.41) is 3.47. The van der Waals surface area contributed by atoms with Crippen LogP contribution in [0, 0.1) is 5.92 Å². The van der Waals surface area contributed by atoms with E-state index in [-0.39, 0.29) is 5.69 Å². The summed E-state index contributed by atoms with van der Waals surface area (Å²) in [6.07, 6.45) is 0. The summed E-state index contributed by atoms with van der Waals surface area (Å²) in [6.45, 7) is 3.51. The second-order valence-corrected chi connectivity index (χ2v) is 3.58. The predicted octanol–water partition coefficient (Wildman–Crippen LogP) is 1.29. The van der Waals surface area contributed by atoms with Crippen molar-refractivity contribution in [3.8, 4) is 5.88 Å². The third kappa shape index (κ3) is 1.54. The van der Waals surface area contributed by atoms with Gasteiger partial charge in [-0.3, -0.25) is 4.79 Å². The van der Waals surface area contributed by atoms with Gasteiger partial charge in [0, 0.05) is 12.0 Å². The first-order valence-corrected chi connectivity index (χ1v) is 4.45. The number of nitrogens with zero attached hydrogens (tertiary/aromatic N) is 2. The van der Waals surface area contributed by atoms with Crippen molar-refractivity contribution in [1.29, 1.82) is 0 Å². The monoisotopic (exact) mass is 200 g/mol. The van der Waals surface area contributed by atoms with Crippen molar-refractivity contribution < 1.29 is 9.53 Å². The van der Waals surface area contributed by atoms with Gasteiger partial charge in [0.25, 0.3) is 5.24 Å². The lowest BCUT2D eigenvalue weighted by Crippen LogP contribution is -2.23. The summed E-state index contributed by atoms with van der Waals surface area (Å²) < 4.78 is 7.03. The number of rotatable bonds is 1. The summed E-state index contributed by atoms with van der Waals surface area (Å²) in [7, 11) is 0. The SMILES string of the molecule is CC1COc2cc(C(=O)Cl)nn2C1. The Morgan fingerprint density at radius 3 is 3.31 bits per heavy atom. The lowest BCUT2D eigenvalue weighted by atomic mass is 10.2. The van der Waals surface area contributed by atoms with Gasteiger partial charge in [0.1, 0.15) is 5.69 Å². The minimum atomic E-state index is -0.543. The largest absolute Gasteiger partial charge is 0.477 e. The minimum absolute atomic E-state index is 0.255. The number of carbonyl (C=O) groups is 1. The molecule has 1 aliphatic heterocycles. The van der Waals surface area contributed by atoms with Crippen LogP contribution < -0.4 is 4.74 Å². The van der Waals surface area contributed by atoms with Gasteiger partial charge in [-0.2, -0.15) is 5.10 Å². The average Bonchev–Trinajstić information content (AvgIpc) is 2.46. The van der Waals surface area contributed by atoms with E-state index in [0.717, 1.165) is 6.54 Å². The molecule has 1 aromatic heterocycles. The maximum absolute atomic E-state index is 10.8. The fourth-order valence-corrected chi connectivity index (χ4v) is 1.41. The van der Waals surface area contributed by atoms with E-state index in [1.54, 1.807) is 10.7 Å². The van der Waals surface area contributed by atoms with Crippen LogP contribution >= 0.6 is 11.6 Å². The van der Waals surface area contributed by atoms with Crippen molar-refractivity contribution in [1.82, 2.24) is 9.78 Å². The van der Waals surface area contributed by atoms with E-state index in [2.05, 4.69) is 12.0 Å². The van der Waals surface area contributed by atoms with Crippen LogP contribution in [0.1, 0.15) is 17.4 Å². The molecule has 1 unspecified atom stereocenters. The highest BCUT2D eigenvalue weighted by Crippen LogP contribution is 2.21. The second-order valence-electron chi connectivity index (χ2n) is 3.24. The third-order valence-corrected chi connectivity index (χ3v) is 2.14. The molecule has 0 radical (unpaired) electrons. The zero-order valence-electron chi connectivity index (χ0n) is 7.16. The van der Waals surface area contributed by atoms with E-state index in [1.165, 1.54) is 0 Å². The minimum Gasteiger partial charge on any atom is -0.477 e. The zero-order valence-corrected chi connectivity index (χ0v) is 7.91. The molecule has 1 atom stereocenters. The highest BCUT2D eigenvalue weighted by molar-refractivity contribution is 6.67. The Morgan fingerprint density at radius 1 is 1.85 bits per heavy atom. The van der Waals surface area contributed by atoms with Crippen molar-refractivity contribution in [3.63, 3.8) is 0 Å². The first-order chi connectivity index (χ1) is 6.16. The van der Waals surface area contributed by atoms with Crippen LogP contribution in [0.15, 0.2) is 6.07 Å². The molecule has 0 spiro atoms. The van der Waals surface area contributed by atoms with Crippen LogP contribution in [0.5, 0.6) is 5.88 Å². The maximum Gasteiger partial charge on any atom is 0.272 e. The molecule has 0 aromatic carbocycles. The fourth-order valence-electron chi connectivity index (χ4n) is 1.32. The Balaban J connectivity index is 2.33. The van der Waals surface area contributed by atoms with Crippen molar-refractivity contribution in [2.24, 2.45) is 5.92 Å². The highest BCUT2D eigenvalue weighted by atomic mass is 35.5. The Hall–Kier alpha value is -1.03. The Kier molecular flexibility index (Phi) is 2.00. The molecule has 5 heteroatoms. The number of hydrogen-bond acceptors (Lipinski definition) is 3. The van der Waals surface area contributed by atoms with Crippen molar-refractivity contribution in [2.45, 2.75) is 13.5 Å². The van der Waals surface area contributed by atoms with Crippen molar-refractivity contribution in [3.05, 3.63) is 11.8 Å². The van der Waals surface area contributed by atoms with Crippen LogP contribution in [0.4, 0.5) is 0 Å². The molecule has 0 amide bonds. The van der Waals surface area contributed by atoms with E-state index < -0.39 is 5.24 Å². The van der Waals surface area contributed by atoms with Gasteiger partial charge in [0.2, 0.25) is 5.88 Å². The van der Waals surface area contributed by atoms with Crippen LogP contribution in [0.3, 0.4) is 0 Å². The first kappa shape index (κ1) is 8.56. The zero-order chi connectivity index (χ0) is 9.42. The Labute approximate surface area is 80.4 Å². The molecule has 0 bridgehead atoms. The molecule has 4 nitrogen and oxygen atoms in total. The Morgan fingerprint density at radius 2 is 2.62 bits per heavy atom. The molecule has 70 valence electrons. The number of carbonyl (C=O) groups excluding carboxylic acids is 1. The number of fused-ring (bicyclic) bond motifs is 1. The summed E-state index contributed by atoms with van der Waals surface area (Å²) in [6, 6.07) is 1.57. The van der Waals surface area contributed by atoms with Crippen molar-refractivity contribution in [2.75, 3.05) is 6.61 Å². The average molecular weight is 201 g/mol. The molecule has 0 aliphatic carbocycles. The van der Waals surface area contributed by atoms with E-state index in [0.29, 0.717) is 18.4 Å². The topological polar surface area (TPSA) is 44.1 Å². The predicted molar refractivity (Wildman–Crippen MR) is 47.1 cm³/mol. The number of hydrogen-bond donors (Lipinski definition) is 0.